The van der Waals surface area contributed by atoms with Gasteiger partial charge in [0, 0.05) is 6.20 Å². The third kappa shape index (κ3) is 3.02. The van der Waals surface area contributed by atoms with E-state index in [1.807, 2.05) is 0 Å². The number of hydrogen-bond acceptors (Lipinski definition) is 5. The Bertz CT molecular complexity index is 412. The molecule has 0 unspecified atom stereocenters. The van der Waals surface area contributed by atoms with E-state index in [0.29, 0.717) is 4.47 Å². The first-order chi connectivity index (χ1) is 6.76. The maximum Gasteiger partial charge on any atom is 0.392 e. The molecule has 0 aromatic carbocycles. The van der Waals surface area contributed by atoms with Gasteiger partial charge in [-0.1, -0.05) is 18.2 Å². The van der Waals surface area contributed by atoms with Crippen molar-refractivity contribution in [3.8, 4) is 6.07 Å². The average molecular weight is 227 g/mol. The van der Waals surface area contributed by atoms with Crippen LogP contribution in [0.3, 0.4) is 0 Å². The van der Waals surface area contributed by atoms with E-state index in [9.17, 15) is 0 Å². The van der Waals surface area contributed by atoms with E-state index >= 15 is 0 Å². The summed E-state index contributed by atoms with van der Waals surface area (Å²) in [6, 6.07) is 1.58. The molecule has 7 heteroatoms. The number of halogens is 1. The fourth-order valence-electron chi connectivity index (χ4n) is 0.573. The van der Waals surface area contributed by atoms with Crippen LogP contribution in [0.4, 0.5) is 0 Å². The Hall–Kier alpha value is -1.63. The van der Waals surface area contributed by atoms with Crippen molar-refractivity contribution in [2.75, 3.05) is 0 Å². The number of oxime groups is 1. The quantitative estimate of drug-likeness (QED) is 0.343. The summed E-state index contributed by atoms with van der Waals surface area (Å²) in [4.78, 5) is 12.1. The van der Waals surface area contributed by atoms with Crippen LogP contribution in [0.15, 0.2) is 11.4 Å². The summed E-state index contributed by atoms with van der Waals surface area (Å²) in [6.07, 6.45) is 1.55. The first-order valence-electron chi connectivity index (χ1n) is 3.34. The Labute approximate surface area is 89.0 Å². The predicted octanol–water partition coefficient (Wildman–Crippen LogP) is 2.07. The maximum absolute atomic E-state index is 8.32. The Balaban J connectivity index is 2.47. The number of amidine groups is 1. The monoisotopic (exact) mass is 226 g/mol. The summed E-state index contributed by atoms with van der Waals surface area (Å²) in [6.45, 7) is 6.67. The predicted molar refractivity (Wildman–Crippen MR) is 51.6 cm³/mol. The molecule has 0 aliphatic carbocycles. The molecular weight excluding hydrogens is 224 g/mol. The molecule has 0 fully saturated rings. The van der Waals surface area contributed by atoms with Gasteiger partial charge in [-0.2, -0.15) is 0 Å². The molecule has 14 heavy (non-hydrogen) atoms. The van der Waals surface area contributed by atoms with Crippen molar-refractivity contribution in [1.82, 2.24) is 4.98 Å². The lowest BCUT2D eigenvalue weighted by Gasteiger charge is -1.88. The average Bonchev–Trinajstić information content (AvgIpc) is 2.59. The Kier molecular flexibility index (Phi) is 3.86. The molecule has 0 aliphatic heterocycles. The molecule has 0 amide bonds. The number of rotatable bonds is 3. The molecule has 5 nitrogen and oxygen atoms in total. The van der Waals surface area contributed by atoms with Crippen LogP contribution in [0.2, 0.25) is 4.47 Å². The first kappa shape index (κ1) is 10.5. The van der Waals surface area contributed by atoms with Crippen LogP contribution in [0.5, 0.6) is 0 Å². The van der Waals surface area contributed by atoms with Gasteiger partial charge in [0.15, 0.2) is 11.1 Å². The number of aromatic nitrogens is 1. The largest absolute Gasteiger partial charge is 0.392 e. The second kappa shape index (κ2) is 5.18. The molecule has 1 heterocycles. The zero-order valence-corrected chi connectivity index (χ0v) is 8.34. The van der Waals surface area contributed by atoms with Crippen molar-refractivity contribution >= 4 is 28.8 Å². The second-order valence-electron chi connectivity index (χ2n) is 1.99. The third-order valence-corrected chi connectivity index (χ3v) is 2.18. The summed E-state index contributed by atoms with van der Waals surface area (Å²) >= 11 is 6.83. The van der Waals surface area contributed by atoms with Crippen LogP contribution in [0, 0.1) is 17.9 Å². The molecule has 0 spiro atoms. The standard InChI is InChI=1S/C7H3ClN4OS/c1-10-6(2-9)12-13-4-5-3-11-7(8)14-5/h3H,4H2/b12-6-. The first-order valence-corrected chi connectivity index (χ1v) is 4.53. The van der Waals surface area contributed by atoms with E-state index in [1.165, 1.54) is 11.3 Å². The van der Waals surface area contributed by atoms with Gasteiger partial charge >= 0.3 is 5.84 Å². The van der Waals surface area contributed by atoms with Crippen molar-refractivity contribution in [2.45, 2.75) is 6.61 Å². The van der Waals surface area contributed by atoms with E-state index in [-0.39, 0.29) is 12.4 Å². The van der Waals surface area contributed by atoms with E-state index in [0.717, 1.165) is 4.88 Å². The number of nitrogens with zero attached hydrogens (tertiary/aromatic N) is 4. The molecule has 0 aliphatic rings. The molecule has 1 aromatic heterocycles. The van der Waals surface area contributed by atoms with Gasteiger partial charge in [0.25, 0.3) is 0 Å². The topological polar surface area (TPSA) is 62.6 Å². The molecule has 70 valence electrons. The van der Waals surface area contributed by atoms with Gasteiger partial charge in [0.05, 0.1) is 10.0 Å². The van der Waals surface area contributed by atoms with Crippen molar-refractivity contribution < 1.29 is 4.84 Å². The molecule has 1 rings (SSSR count). The fraction of sp³-hybridized carbons (Fsp3) is 0.143. The fourth-order valence-corrected chi connectivity index (χ4v) is 1.46. The molecular formula is C7H3ClN4OS. The minimum absolute atomic E-state index is 0.158. The van der Waals surface area contributed by atoms with Crippen molar-refractivity contribution in [3.63, 3.8) is 0 Å². The smallest absolute Gasteiger partial charge is 0.348 e. The second-order valence-corrected chi connectivity index (χ2v) is 3.69. The Morgan fingerprint density at radius 2 is 2.71 bits per heavy atom. The van der Waals surface area contributed by atoms with E-state index in [1.54, 1.807) is 12.3 Å². The minimum Gasteiger partial charge on any atom is -0.348 e. The van der Waals surface area contributed by atoms with Gasteiger partial charge in [0.2, 0.25) is 0 Å². The van der Waals surface area contributed by atoms with Crippen LogP contribution >= 0.6 is 22.9 Å². The number of thiazole rings is 1. The SMILES string of the molecule is [C-]#[N+]/C(C#N)=N\OCc1cnc(Cl)s1. The van der Waals surface area contributed by atoms with Gasteiger partial charge in [0.1, 0.15) is 6.07 Å². The summed E-state index contributed by atoms with van der Waals surface area (Å²) < 4.78 is 0.415. The lowest BCUT2D eigenvalue weighted by atomic mass is 10.6. The zero-order valence-electron chi connectivity index (χ0n) is 6.77. The Morgan fingerprint density at radius 1 is 1.93 bits per heavy atom. The van der Waals surface area contributed by atoms with Crippen LogP contribution < -0.4 is 0 Å². The van der Waals surface area contributed by atoms with Gasteiger partial charge < -0.3 is 9.68 Å². The van der Waals surface area contributed by atoms with Gasteiger partial charge in [-0.05, 0) is 0 Å². The highest BCUT2D eigenvalue weighted by molar-refractivity contribution is 7.15. The van der Waals surface area contributed by atoms with Crippen molar-refractivity contribution in [3.05, 3.63) is 27.0 Å². The molecule has 0 saturated heterocycles. The van der Waals surface area contributed by atoms with Gasteiger partial charge in [-0.3, -0.25) is 0 Å². The Morgan fingerprint density at radius 3 is 3.21 bits per heavy atom. The van der Waals surface area contributed by atoms with E-state index in [4.69, 9.17) is 28.3 Å². The molecule has 0 bridgehead atoms. The van der Waals surface area contributed by atoms with Crippen LogP contribution in [0.1, 0.15) is 4.88 Å². The molecule has 0 saturated carbocycles. The zero-order chi connectivity index (χ0) is 10.4. The van der Waals surface area contributed by atoms with E-state index in [2.05, 4.69) is 15.0 Å². The van der Waals surface area contributed by atoms with Crippen molar-refractivity contribution in [2.24, 2.45) is 5.16 Å². The summed E-state index contributed by atoms with van der Waals surface area (Å²) in [5.41, 5.74) is 0. The highest BCUT2D eigenvalue weighted by Gasteiger charge is 2.02. The molecule has 1 aromatic rings. The number of hydrogen-bond donors (Lipinski definition) is 0. The summed E-state index contributed by atoms with van der Waals surface area (Å²) in [5, 5.41) is 11.6. The highest BCUT2D eigenvalue weighted by Crippen LogP contribution is 2.18. The third-order valence-electron chi connectivity index (χ3n) is 1.09. The summed E-state index contributed by atoms with van der Waals surface area (Å²) in [7, 11) is 0. The molecule has 0 radical (unpaired) electrons. The van der Waals surface area contributed by atoms with Gasteiger partial charge in [-0.25, -0.2) is 10.2 Å². The highest BCUT2D eigenvalue weighted by atomic mass is 35.5. The minimum atomic E-state index is -0.333. The normalized spacial score (nSPS) is 10.4. The van der Waals surface area contributed by atoms with E-state index < -0.39 is 0 Å². The summed E-state index contributed by atoms with van der Waals surface area (Å²) in [5.74, 6) is -0.333. The maximum atomic E-state index is 8.32. The van der Waals surface area contributed by atoms with Crippen molar-refractivity contribution in [1.29, 1.82) is 5.26 Å². The van der Waals surface area contributed by atoms with Crippen LogP contribution in [-0.2, 0) is 11.4 Å². The van der Waals surface area contributed by atoms with Crippen LogP contribution in [0.25, 0.3) is 4.85 Å². The van der Waals surface area contributed by atoms with Gasteiger partial charge in [-0.15, -0.1) is 11.3 Å². The molecule has 0 atom stereocenters. The molecule has 0 N–H and O–H groups in total. The van der Waals surface area contributed by atoms with Crippen LogP contribution in [-0.4, -0.2) is 10.8 Å². The number of nitriles is 1. The lowest BCUT2D eigenvalue weighted by molar-refractivity contribution is 0.133. The lowest BCUT2D eigenvalue weighted by Crippen LogP contribution is -1.88.